The van der Waals surface area contributed by atoms with Crippen LogP contribution in [0.25, 0.3) is 0 Å². The molecule has 0 bridgehead atoms. The highest BCUT2D eigenvalue weighted by Crippen LogP contribution is 2.16. The van der Waals surface area contributed by atoms with E-state index in [1.807, 2.05) is 6.92 Å². The Morgan fingerprint density at radius 1 is 1.08 bits per heavy atom. The molecule has 0 fully saturated rings. The summed E-state index contributed by atoms with van der Waals surface area (Å²) in [7, 11) is -3.66. The van der Waals surface area contributed by atoms with Gasteiger partial charge in [-0.3, -0.25) is 9.52 Å². The summed E-state index contributed by atoms with van der Waals surface area (Å²) < 4.78 is 26.9. The number of hydrogen-bond donors (Lipinski definition) is 3. The van der Waals surface area contributed by atoms with Crippen molar-refractivity contribution in [2.75, 3.05) is 11.3 Å². The zero-order valence-corrected chi connectivity index (χ0v) is 14.1. The van der Waals surface area contributed by atoms with Gasteiger partial charge in [-0.1, -0.05) is 25.1 Å². The predicted molar refractivity (Wildman–Crippen MR) is 92.3 cm³/mol. The number of benzene rings is 2. The first kappa shape index (κ1) is 18.0. The van der Waals surface area contributed by atoms with Gasteiger partial charge < -0.3 is 10.4 Å². The van der Waals surface area contributed by atoms with Crippen molar-refractivity contribution in [3.63, 3.8) is 0 Å². The van der Waals surface area contributed by atoms with Gasteiger partial charge in [-0.2, -0.15) is 0 Å². The summed E-state index contributed by atoms with van der Waals surface area (Å²) in [6.07, 6.45) is 0.622. The second-order valence-electron chi connectivity index (χ2n) is 5.26. The molecule has 0 aliphatic heterocycles. The van der Waals surface area contributed by atoms with Crippen LogP contribution in [0.5, 0.6) is 0 Å². The summed E-state index contributed by atoms with van der Waals surface area (Å²) in [5.74, 6) is -0.312. The van der Waals surface area contributed by atoms with Gasteiger partial charge in [0.25, 0.3) is 15.9 Å². The first-order chi connectivity index (χ1) is 11.5. The monoisotopic (exact) mass is 348 g/mol. The summed E-state index contributed by atoms with van der Waals surface area (Å²) in [6, 6.07) is 13.8. The summed E-state index contributed by atoms with van der Waals surface area (Å²) in [5, 5.41) is 11.8. The Morgan fingerprint density at radius 3 is 2.25 bits per heavy atom. The van der Waals surface area contributed by atoms with Crippen LogP contribution in [0.1, 0.15) is 23.7 Å². The molecule has 2 aromatic rings. The third-order valence-electron chi connectivity index (χ3n) is 3.50. The van der Waals surface area contributed by atoms with Gasteiger partial charge in [0.15, 0.2) is 0 Å². The van der Waals surface area contributed by atoms with Crippen LogP contribution >= 0.6 is 0 Å². The summed E-state index contributed by atoms with van der Waals surface area (Å²) in [6.45, 7) is 1.74. The number of aliphatic hydroxyl groups is 1. The van der Waals surface area contributed by atoms with Gasteiger partial charge in [-0.25, -0.2) is 8.42 Å². The highest BCUT2D eigenvalue weighted by Gasteiger charge is 2.14. The predicted octanol–water partition coefficient (Wildman–Crippen LogP) is 1.99. The SMILES string of the molecule is CC[C@@H](CO)NC(=O)c1ccc(NS(=O)(=O)c2ccccc2)cc1. The molecule has 3 N–H and O–H groups in total. The van der Waals surface area contributed by atoms with Crippen LogP contribution < -0.4 is 10.0 Å². The summed E-state index contributed by atoms with van der Waals surface area (Å²) in [4.78, 5) is 12.2. The molecule has 6 nitrogen and oxygen atoms in total. The van der Waals surface area contributed by atoms with Gasteiger partial charge in [-0.05, 0) is 42.8 Å². The van der Waals surface area contributed by atoms with E-state index in [1.54, 1.807) is 18.2 Å². The van der Waals surface area contributed by atoms with Gasteiger partial charge >= 0.3 is 0 Å². The largest absolute Gasteiger partial charge is 0.394 e. The van der Waals surface area contributed by atoms with E-state index < -0.39 is 10.0 Å². The molecule has 2 rings (SSSR count). The maximum absolute atomic E-state index is 12.2. The minimum atomic E-state index is -3.66. The zero-order valence-electron chi connectivity index (χ0n) is 13.3. The fourth-order valence-electron chi connectivity index (χ4n) is 2.05. The first-order valence-electron chi connectivity index (χ1n) is 7.56. The quantitative estimate of drug-likeness (QED) is 0.713. The van der Waals surface area contributed by atoms with Crippen molar-refractivity contribution in [3.05, 3.63) is 60.2 Å². The Balaban J connectivity index is 2.08. The maximum atomic E-state index is 12.2. The number of rotatable bonds is 7. The van der Waals surface area contributed by atoms with Gasteiger partial charge in [0.1, 0.15) is 0 Å². The van der Waals surface area contributed by atoms with Crippen LogP contribution in [-0.4, -0.2) is 32.1 Å². The summed E-state index contributed by atoms with van der Waals surface area (Å²) >= 11 is 0. The number of carbonyl (C=O) groups is 1. The van der Waals surface area contributed by atoms with E-state index in [4.69, 9.17) is 5.11 Å². The molecular weight excluding hydrogens is 328 g/mol. The minimum Gasteiger partial charge on any atom is -0.394 e. The van der Waals surface area contributed by atoms with Crippen molar-refractivity contribution in [2.24, 2.45) is 0 Å². The average molecular weight is 348 g/mol. The van der Waals surface area contributed by atoms with Gasteiger partial charge in [0.2, 0.25) is 0 Å². The van der Waals surface area contributed by atoms with E-state index >= 15 is 0 Å². The molecular formula is C17H20N2O4S. The molecule has 0 unspecified atom stereocenters. The normalized spacial score (nSPS) is 12.4. The number of hydrogen-bond acceptors (Lipinski definition) is 4. The van der Waals surface area contributed by atoms with Crippen LogP contribution in [0.3, 0.4) is 0 Å². The van der Waals surface area contributed by atoms with E-state index in [-0.39, 0.29) is 23.5 Å². The molecule has 0 heterocycles. The van der Waals surface area contributed by atoms with Crippen molar-refractivity contribution >= 4 is 21.6 Å². The molecule has 7 heteroatoms. The molecule has 0 aliphatic carbocycles. The van der Waals surface area contributed by atoms with E-state index in [1.165, 1.54) is 36.4 Å². The van der Waals surface area contributed by atoms with Crippen LogP contribution in [0.4, 0.5) is 5.69 Å². The molecule has 0 saturated heterocycles. The highest BCUT2D eigenvalue weighted by atomic mass is 32.2. The molecule has 24 heavy (non-hydrogen) atoms. The van der Waals surface area contributed by atoms with Gasteiger partial charge in [0.05, 0.1) is 17.5 Å². The number of sulfonamides is 1. The lowest BCUT2D eigenvalue weighted by atomic mass is 10.1. The molecule has 0 aromatic heterocycles. The van der Waals surface area contributed by atoms with Crippen LogP contribution in [-0.2, 0) is 10.0 Å². The Hall–Kier alpha value is -2.38. The molecule has 128 valence electrons. The number of amides is 1. The molecule has 2 aromatic carbocycles. The second kappa shape index (κ2) is 7.94. The van der Waals surface area contributed by atoms with Crippen molar-refractivity contribution in [1.29, 1.82) is 0 Å². The number of carbonyl (C=O) groups excluding carboxylic acids is 1. The topological polar surface area (TPSA) is 95.5 Å². The lowest BCUT2D eigenvalue weighted by Gasteiger charge is -2.14. The molecule has 0 aliphatic rings. The Kier molecular flexibility index (Phi) is 5.94. The average Bonchev–Trinajstić information content (AvgIpc) is 2.60. The molecule has 0 saturated carbocycles. The summed E-state index contributed by atoms with van der Waals surface area (Å²) in [5.41, 5.74) is 0.758. The standard InChI is InChI=1S/C17H20N2O4S/c1-2-14(12-20)18-17(21)13-8-10-15(11-9-13)19-24(22,23)16-6-4-3-5-7-16/h3-11,14,19-20H,2,12H2,1H3,(H,18,21)/t14-/m0/s1. The van der Waals surface area contributed by atoms with E-state index in [2.05, 4.69) is 10.0 Å². The number of nitrogens with one attached hydrogen (secondary N) is 2. The lowest BCUT2D eigenvalue weighted by Crippen LogP contribution is -2.36. The third-order valence-corrected chi connectivity index (χ3v) is 4.90. The lowest BCUT2D eigenvalue weighted by molar-refractivity contribution is 0.0915. The van der Waals surface area contributed by atoms with Crippen LogP contribution in [0.15, 0.2) is 59.5 Å². The Bertz CT molecular complexity index is 770. The van der Waals surface area contributed by atoms with Crippen molar-refractivity contribution in [3.8, 4) is 0 Å². The third kappa shape index (κ3) is 4.56. The van der Waals surface area contributed by atoms with Crippen molar-refractivity contribution in [2.45, 2.75) is 24.3 Å². The molecule has 1 atom stereocenters. The van der Waals surface area contributed by atoms with E-state index in [9.17, 15) is 13.2 Å². The van der Waals surface area contributed by atoms with E-state index in [0.717, 1.165) is 0 Å². The Morgan fingerprint density at radius 2 is 1.71 bits per heavy atom. The molecule has 0 radical (unpaired) electrons. The number of aliphatic hydroxyl groups excluding tert-OH is 1. The maximum Gasteiger partial charge on any atom is 0.261 e. The Labute approximate surface area is 141 Å². The van der Waals surface area contributed by atoms with E-state index in [0.29, 0.717) is 17.7 Å². The van der Waals surface area contributed by atoms with Crippen molar-refractivity contribution in [1.82, 2.24) is 5.32 Å². The van der Waals surface area contributed by atoms with Gasteiger partial charge in [-0.15, -0.1) is 0 Å². The number of anilines is 1. The zero-order chi connectivity index (χ0) is 17.6. The van der Waals surface area contributed by atoms with Crippen LogP contribution in [0.2, 0.25) is 0 Å². The first-order valence-corrected chi connectivity index (χ1v) is 9.04. The van der Waals surface area contributed by atoms with Gasteiger partial charge in [0, 0.05) is 11.3 Å². The van der Waals surface area contributed by atoms with Crippen LogP contribution in [0, 0.1) is 0 Å². The second-order valence-corrected chi connectivity index (χ2v) is 6.94. The molecule has 0 spiro atoms. The minimum absolute atomic E-state index is 0.128. The fourth-order valence-corrected chi connectivity index (χ4v) is 3.13. The highest BCUT2D eigenvalue weighted by molar-refractivity contribution is 7.92. The van der Waals surface area contributed by atoms with Crippen molar-refractivity contribution < 1.29 is 18.3 Å². The molecule has 1 amide bonds. The fraction of sp³-hybridized carbons (Fsp3) is 0.235. The smallest absolute Gasteiger partial charge is 0.261 e.